The van der Waals surface area contributed by atoms with Crippen molar-refractivity contribution < 1.29 is 4.79 Å². The first-order valence-electron chi connectivity index (χ1n) is 8.89. The van der Waals surface area contributed by atoms with E-state index in [1.54, 1.807) is 35.4 Å². The zero-order valence-electron chi connectivity index (χ0n) is 15.3. The largest absolute Gasteiger partial charge is 0.347 e. The molecule has 3 aromatic rings. The quantitative estimate of drug-likeness (QED) is 0.757. The molecule has 1 N–H and O–H groups in total. The lowest BCUT2D eigenvalue weighted by Gasteiger charge is -2.17. The molecule has 0 saturated carbocycles. The maximum Gasteiger partial charge on any atom is 0.251 e. The highest BCUT2D eigenvalue weighted by molar-refractivity contribution is 5.94. The van der Waals surface area contributed by atoms with Gasteiger partial charge in [0.05, 0.1) is 11.9 Å². The summed E-state index contributed by atoms with van der Waals surface area (Å²) in [5, 5.41) is 7.29. The lowest BCUT2D eigenvalue weighted by atomic mass is 10.2. The molecule has 4 heterocycles. The summed E-state index contributed by atoms with van der Waals surface area (Å²) in [5.74, 6) is 0.602. The van der Waals surface area contributed by atoms with Gasteiger partial charge in [0.15, 0.2) is 0 Å². The maximum absolute atomic E-state index is 12.4. The van der Waals surface area contributed by atoms with E-state index >= 15 is 0 Å². The number of aromatic nitrogens is 5. The van der Waals surface area contributed by atoms with E-state index in [1.807, 2.05) is 26.2 Å². The molecule has 1 fully saturated rings. The lowest BCUT2D eigenvalue weighted by molar-refractivity contribution is 0.0940. The van der Waals surface area contributed by atoms with E-state index < -0.39 is 0 Å². The second-order valence-corrected chi connectivity index (χ2v) is 6.74. The third kappa shape index (κ3) is 3.79. The first kappa shape index (κ1) is 17.1. The highest BCUT2D eigenvalue weighted by Crippen LogP contribution is 2.21. The van der Waals surface area contributed by atoms with Gasteiger partial charge in [-0.2, -0.15) is 5.10 Å². The number of anilines is 1. The number of amides is 1. The molecular formula is C19H21N7O. The molecule has 27 heavy (non-hydrogen) atoms. The van der Waals surface area contributed by atoms with Gasteiger partial charge in [0.2, 0.25) is 5.95 Å². The monoisotopic (exact) mass is 363 g/mol. The predicted octanol–water partition coefficient (Wildman–Crippen LogP) is 1.59. The van der Waals surface area contributed by atoms with Crippen molar-refractivity contribution in [1.29, 1.82) is 0 Å². The van der Waals surface area contributed by atoms with Gasteiger partial charge < -0.3 is 10.2 Å². The molecule has 0 aromatic carbocycles. The molecule has 8 nitrogen and oxygen atoms in total. The number of nitrogens with one attached hydrogen (secondary N) is 1. The molecule has 1 aliphatic rings. The van der Waals surface area contributed by atoms with Crippen LogP contribution in [0.25, 0.3) is 11.3 Å². The highest BCUT2D eigenvalue weighted by Gasteiger charge is 2.26. The average Bonchev–Trinajstić information content (AvgIpc) is 3.31. The zero-order chi connectivity index (χ0) is 18.8. The second kappa shape index (κ2) is 7.14. The van der Waals surface area contributed by atoms with E-state index in [0.29, 0.717) is 18.1 Å². The third-order valence-electron chi connectivity index (χ3n) is 4.61. The van der Waals surface area contributed by atoms with Crippen LogP contribution < -0.4 is 10.2 Å². The van der Waals surface area contributed by atoms with Crippen molar-refractivity contribution >= 4 is 11.9 Å². The van der Waals surface area contributed by atoms with Crippen LogP contribution in [0.15, 0.2) is 43.0 Å². The van der Waals surface area contributed by atoms with E-state index in [0.717, 1.165) is 29.9 Å². The smallest absolute Gasteiger partial charge is 0.251 e. The molecular weight excluding hydrogens is 342 g/mol. The first-order chi connectivity index (χ1) is 13.1. The predicted molar refractivity (Wildman–Crippen MR) is 101 cm³/mol. The molecule has 4 rings (SSSR count). The Morgan fingerprint density at radius 3 is 2.89 bits per heavy atom. The van der Waals surface area contributed by atoms with Crippen LogP contribution in [0.5, 0.6) is 0 Å². The minimum absolute atomic E-state index is 0.0663. The number of rotatable bonds is 4. The van der Waals surface area contributed by atoms with Crippen molar-refractivity contribution in [2.75, 3.05) is 18.0 Å². The Morgan fingerprint density at radius 1 is 1.26 bits per heavy atom. The Hall–Kier alpha value is -3.29. The van der Waals surface area contributed by atoms with Crippen LogP contribution in [0.1, 0.15) is 22.5 Å². The average molecular weight is 363 g/mol. The summed E-state index contributed by atoms with van der Waals surface area (Å²) in [6, 6.07) is 5.47. The number of hydrogen-bond donors (Lipinski definition) is 1. The van der Waals surface area contributed by atoms with Crippen molar-refractivity contribution in [2.24, 2.45) is 7.05 Å². The fourth-order valence-electron chi connectivity index (χ4n) is 3.23. The number of carbonyl (C=O) groups excluding carboxylic acids is 1. The Balaban J connectivity index is 1.43. The van der Waals surface area contributed by atoms with Crippen molar-refractivity contribution in [3.63, 3.8) is 0 Å². The Kier molecular flexibility index (Phi) is 4.53. The molecule has 1 unspecified atom stereocenters. The van der Waals surface area contributed by atoms with Gasteiger partial charge in [-0.25, -0.2) is 9.97 Å². The van der Waals surface area contributed by atoms with Gasteiger partial charge in [-0.3, -0.25) is 14.5 Å². The SMILES string of the molecule is Cc1cc(C(=O)NC2CCN(c3nccc(-c4cnn(C)c4)n3)C2)ccn1. The van der Waals surface area contributed by atoms with Crippen LogP contribution in [-0.2, 0) is 7.05 Å². The van der Waals surface area contributed by atoms with E-state index in [2.05, 4.69) is 30.3 Å². The Bertz CT molecular complexity index is 968. The maximum atomic E-state index is 12.4. The summed E-state index contributed by atoms with van der Waals surface area (Å²) < 4.78 is 1.75. The molecule has 1 atom stereocenters. The van der Waals surface area contributed by atoms with Gasteiger partial charge in [-0.15, -0.1) is 0 Å². The number of aryl methyl sites for hydroxylation is 2. The highest BCUT2D eigenvalue weighted by atomic mass is 16.1. The topological polar surface area (TPSA) is 88.8 Å². The summed E-state index contributed by atoms with van der Waals surface area (Å²) in [4.78, 5) is 27.7. The van der Waals surface area contributed by atoms with Crippen LogP contribution in [0.2, 0.25) is 0 Å². The summed E-state index contributed by atoms with van der Waals surface area (Å²) in [5.41, 5.74) is 3.26. The van der Waals surface area contributed by atoms with Gasteiger partial charge in [0.25, 0.3) is 5.91 Å². The summed E-state index contributed by atoms with van der Waals surface area (Å²) in [7, 11) is 1.88. The van der Waals surface area contributed by atoms with Crippen LogP contribution in [0.4, 0.5) is 5.95 Å². The van der Waals surface area contributed by atoms with Crippen molar-refractivity contribution in [2.45, 2.75) is 19.4 Å². The second-order valence-electron chi connectivity index (χ2n) is 6.74. The van der Waals surface area contributed by atoms with E-state index in [1.165, 1.54) is 0 Å². The van der Waals surface area contributed by atoms with E-state index in [4.69, 9.17) is 0 Å². The fraction of sp³-hybridized carbons (Fsp3) is 0.316. The summed E-state index contributed by atoms with van der Waals surface area (Å²) in [6.07, 6.45) is 7.99. The number of carbonyl (C=O) groups is 1. The minimum atomic E-state index is -0.0719. The van der Waals surface area contributed by atoms with E-state index in [9.17, 15) is 4.79 Å². The fourth-order valence-corrected chi connectivity index (χ4v) is 3.23. The number of pyridine rings is 1. The lowest BCUT2D eigenvalue weighted by Crippen LogP contribution is -2.37. The van der Waals surface area contributed by atoms with Crippen molar-refractivity contribution in [1.82, 2.24) is 30.0 Å². The molecule has 138 valence electrons. The van der Waals surface area contributed by atoms with Gasteiger partial charge in [0.1, 0.15) is 0 Å². The van der Waals surface area contributed by atoms with Crippen molar-refractivity contribution in [3.05, 3.63) is 54.2 Å². The Morgan fingerprint density at radius 2 is 2.11 bits per heavy atom. The molecule has 0 aliphatic carbocycles. The third-order valence-corrected chi connectivity index (χ3v) is 4.61. The van der Waals surface area contributed by atoms with Crippen LogP contribution in [0, 0.1) is 6.92 Å². The van der Waals surface area contributed by atoms with Crippen molar-refractivity contribution in [3.8, 4) is 11.3 Å². The van der Waals surface area contributed by atoms with Crippen LogP contribution in [-0.4, -0.2) is 49.8 Å². The molecule has 8 heteroatoms. The normalized spacial score (nSPS) is 16.5. The molecule has 1 saturated heterocycles. The number of hydrogen-bond acceptors (Lipinski definition) is 6. The molecule has 1 aliphatic heterocycles. The molecule has 0 radical (unpaired) electrons. The minimum Gasteiger partial charge on any atom is -0.347 e. The zero-order valence-corrected chi connectivity index (χ0v) is 15.3. The van der Waals surface area contributed by atoms with Gasteiger partial charge in [-0.1, -0.05) is 0 Å². The standard InChI is InChI=1S/C19H21N7O/c1-13-9-14(3-6-20-13)18(27)23-16-5-8-26(12-16)19-21-7-4-17(24-19)15-10-22-25(2)11-15/h3-4,6-7,9-11,16H,5,8,12H2,1-2H3,(H,23,27). The first-order valence-corrected chi connectivity index (χ1v) is 8.89. The molecule has 3 aromatic heterocycles. The summed E-state index contributed by atoms with van der Waals surface area (Å²) in [6.45, 7) is 3.36. The molecule has 0 spiro atoms. The van der Waals surface area contributed by atoms with Crippen LogP contribution in [0.3, 0.4) is 0 Å². The number of nitrogens with zero attached hydrogens (tertiary/aromatic N) is 6. The molecule has 0 bridgehead atoms. The van der Waals surface area contributed by atoms with E-state index in [-0.39, 0.29) is 11.9 Å². The Labute approximate surface area is 157 Å². The van der Waals surface area contributed by atoms with Gasteiger partial charge >= 0.3 is 0 Å². The molecule has 1 amide bonds. The van der Waals surface area contributed by atoms with Gasteiger partial charge in [-0.05, 0) is 31.5 Å². The summed E-state index contributed by atoms with van der Waals surface area (Å²) >= 11 is 0. The van der Waals surface area contributed by atoms with Crippen LogP contribution >= 0.6 is 0 Å². The van der Waals surface area contributed by atoms with Gasteiger partial charge in [0, 0.05) is 61.6 Å².